The Labute approximate surface area is 124 Å². The van der Waals surface area contributed by atoms with Crippen LogP contribution in [0.5, 0.6) is 5.75 Å². The van der Waals surface area contributed by atoms with Gasteiger partial charge in [-0.2, -0.15) is 8.78 Å². The number of hydrogen-bond acceptors (Lipinski definition) is 2. The van der Waals surface area contributed by atoms with E-state index in [1.165, 1.54) is 6.07 Å². The highest BCUT2D eigenvalue weighted by Gasteiger charge is 2.09. The van der Waals surface area contributed by atoms with Gasteiger partial charge in [-0.05, 0) is 36.2 Å². The normalized spacial score (nSPS) is 10.7. The molecule has 1 N–H and O–H groups in total. The lowest BCUT2D eigenvalue weighted by Gasteiger charge is -2.13. The van der Waals surface area contributed by atoms with Crippen molar-refractivity contribution in [1.82, 2.24) is 0 Å². The van der Waals surface area contributed by atoms with Crippen LogP contribution in [0, 0.1) is 6.92 Å². The van der Waals surface area contributed by atoms with Crippen molar-refractivity contribution in [1.29, 1.82) is 0 Å². The first-order valence-corrected chi connectivity index (χ1v) is 6.88. The number of hydrogen-bond donors (Lipinski definition) is 1. The zero-order valence-corrected chi connectivity index (χ0v) is 12.5. The Hall–Kier alpha value is -1.62. The molecule has 0 radical (unpaired) electrons. The van der Waals surface area contributed by atoms with E-state index in [0.29, 0.717) is 12.2 Å². The average Bonchev–Trinajstić information content (AvgIpc) is 2.39. The van der Waals surface area contributed by atoms with Gasteiger partial charge in [0.05, 0.1) is 5.69 Å². The van der Waals surface area contributed by atoms with Crippen molar-refractivity contribution in [3.8, 4) is 5.75 Å². The molecule has 0 aliphatic heterocycles. The number of nitrogens with one attached hydrogen (secondary N) is 1. The summed E-state index contributed by atoms with van der Waals surface area (Å²) in [4.78, 5) is 0. The molecule has 0 aliphatic rings. The fourth-order valence-corrected chi connectivity index (χ4v) is 2.43. The van der Waals surface area contributed by atoms with E-state index in [-0.39, 0.29) is 5.75 Å². The molecule has 0 heterocycles. The summed E-state index contributed by atoms with van der Waals surface area (Å²) in [5, 5.41) is 3.11. The number of aryl methyl sites for hydroxylation is 1. The van der Waals surface area contributed by atoms with Gasteiger partial charge in [0.1, 0.15) is 5.75 Å². The first-order chi connectivity index (χ1) is 9.56. The van der Waals surface area contributed by atoms with E-state index in [2.05, 4.69) is 26.0 Å². The van der Waals surface area contributed by atoms with Crippen molar-refractivity contribution in [2.24, 2.45) is 0 Å². The smallest absolute Gasteiger partial charge is 0.387 e. The van der Waals surface area contributed by atoms with E-state index in [1.54, 1.807) is 18.2 Å². The lowest BCUT2D eigenvalue weighted by Crippen LogP contribution is -2.06. The van der Waals surface area contributed by atoms with Gasteiger partial charge >= 0.3 is 6.61 Å². The maximum Gasteiger partial charge on any atom is 0.387 e. The monoisotopic (exact) mass is 341 g/mol. The third kappa shape index (κ3) is 3.93. The summed E-state index contributed by atoms with van der Waals surface area (Å²) in [6.45, 7) is -0.304. The third-order valence-corrected chi connectivity index (χ3v) is 3.52. The van der Waals surface area contributed by atoms with Gasteiger partial charge in [-0.15, -0.1) is 0 Å². The Bertz CT molecular complexity index is 590. The second kappa shape index (κ2) is 6.70. The van der Waals surface area contributed by atoms with Crippen molar-refractivity contribution < 1.29 is 13.5 Å². The van der Waals surface area contributed by atoms with E-state index < -0.39 is 6.61 Å². The fraction of sp³-hybridized carbons (Fsp3) is 0.200. The van der Waals surface area contributed by atoms with Gasteiger partial charge in [0.15, 0.2) is 0 Å². The Morgan fingerprint density at radius 1 is 1.20 bits per heavy atom. The van der Waals surface area contributed by atoms with Crippen LogP contribution >= 0.6 is 15.9 Å². The number of benzene rings is 2. The molecule has 0 amide bonds. The van der Waals surface area contributed by atoms with Crippen LogP contribution < -0.4 is 10.1 Å². The molecule has 0 unspecified atom stereocenters. The molecule has 0 fully saturated rings. The van der Waals surface area contributed by atoms with Crippen LogP contribution in [-0.2, 0) is 6.54 Å². The maximum atomic E-state index is 12.3. The van der Waals surface area contributed by atoms with Crippen molar-refractivity contribution in [3.05, 3.63) is 58.1 Å². The minimum absolute atomic E-state index is 0.144. The summed E-state index contributed by atoms with van der Waals surface area (Å²) in [7, 11) is 0. The molecule has 0 spiro atoms. The van der Waals surface area contributed by atoms with E-state index in [1.807, 2.05) is 25.1 Å². The number of anilines is 1. The van der Waals surface area contributed by atoms with Crippen LogP contribution in [0.4, 0.5) is 14.5 Å². The minimum atomic E-state index is -2.83. The summed E-state index contributed by atoms with van der Waals surface area (Å²) in [6, 6.07) is 12.7. The topological polar surface area (TPSA) is 21.3 Å². The molecule has 0 bridgehead atoms. The average molecular weight is 342 g/mol. The van der Waals surface area contributed by atoms with E-state index in [0.717, 1.165) is 15.6 Å². The molecular weight excluding hydrogens is 328 g/mol. The van der Waals surface area contributed by atoms with Crippen LogP contribution in [-0.4, -0.2) is 6.61 Å². The van der Waals surface area contributed by atoms with Crippen molar-refractivity contribution in [2.45, 2.75) is 20.1 Å². The SMILES string of the molecule is Cc1ccc(CNc2ccccc2OC(F)F)c(Br)c1. The molecule has 2 nitrogen and oxygen atoms in total. The molecule has 20 heavy (non-hydrogen) atoms. The van der Waals surface area contributed by atoms with Crippen molar-refractivity contribution in [2.75, 3.05) is 5.32 Å². The predicted octanol–water partition coefficient (Wildman–Crippen LogP) is 4.97. The highest BCUT2D eigenvalue weighted by atomic mass is 79.9. The van der Waals surface area contributed by atoms with Gasteiger partial charge in [0.25, 0.3) is 0 Å². The van der Waals surface area contributed by atoms with Crippen LogP contribution in [0.25, 0.3) is 0 Å². The highest BCUT2D eigenvalue weighted by Crippen LogP contribution is 2.27. The first kappa shape index (κ1) is 14.8. The minimum Gasteiger partial charge on any atom is -0.433 e. The Morgan fingerprint density at radius 3 is 2.65 bits per heavy atom. The lowest BCUT2D eigenvalue weighted by molar-refractivity contribution is -0.0493. The molecule has 0 aromatic heterocycles. The standard InChI is InChI=1S/C15H14BrF2NO/c1-10-6-7-11(12(16)8-10)9-19-13-4-2-3-5-14(13)20-15(17)18/h2-8,15,19H,9H2,1H3. The summed E-state index contributed by atoms with van der Waals surface area (Å²) in [6.07, 6.45) is 0. The van der Waals surface area contributed by atoms with Gasteiger partial charge < -0.3 is 10.1 Å². The summed E-state index contributed by atoms with van der Waals surface area (Å²) in [5.41, 5.74) is 2.74. The van der Waals surface area contributed by atoms with Crippen molar-refractivity contribution >= 4 is 21.6 Å². The molecule has 2 aromatic carbocycles. The van der Waals surface area contributed by atoms with Crippen LogP contribution in [0.2, 0.25) is 0 Å². The van der Waals surface area contributed by atoms with Crippen molar-refractivity contribution in [3.63, 3.8) is 0 Å². The summed E-state index contributed by atoms with van der Waals surface area (Å²) < 4.78 is 30.1. The number of ether oxygens (including phenoxy) is 1. The molecule has 0 saturated carbocycles. The lowest BCUT2D eigenvalue weighted by atomic mass is 10.1. The first-order valence-electron chi connectivity index (χ1n) is 6.09. The number of para-hydroxylation sites is 2. The number of halogens is 3. The van der Waals surface area contributed by atoms with Gasteiger partial charge in [-0.3, -0.25) is 0 Å². The van der Waals surface area contributed by atoms with Gasteiger partial charge in [0, 0.05) is 11.0 Å². The highest BCUT2D eigenvalue weighted by molar-refractivity contribution is 9.10. The third-order valence-electron chi connectivity index (χ3n) is 2.78. The predicted molar refractivity (Wildman–Crippen MR) is 79.3 cm³/mol. The Balaban J connectivity index is 2.10. The van der Waals surface area contributed by atoms with E-state index in [4.69, 9.17) is 0 Å². The summed E-state index contributed by atoms with van der Waals surface area (Å²) in [5.74, 6) is 0.144. The number of alkyl halides is 2. The van der Waals surface area contributed by atoms with Crippen LogP contribution in [0.1, 0.15) is 11.1 Å². The number of rotatable bonds is 5. The van der Waals surface area contributed by atoms with Gasteiger partial charge in [-0.25, -0.2) is 0 Å². The maximum absolute atomic E-state index is 12.3. The second-order valence-corrected chi connectivity index (χ2v) is 5.18. The summed E-state index contributed by atoms with van der Waals surface area (Å²) >= 11 is 3.49. The van der Waals surface area contributed by atoms with E-state index in [9.17, 15) is 8.78 Å². The molecule has 5 heteroatoms. The fourth-order valence-electron chi connectivity index (χ4n) is 1.80. The molecule has 2 aromatic rings. The van der Waals surface area contributed by atoms with Gasteiger partial charge in [-0.1, -0.05) is 40.2 Å². The largest absolute Gasteiger partial charge is 0.433 e. The zero-order valence-electron chi connectivity index (χ0n) is 10.9. The zero-order chi connectivity index (χ0) is 14.5. The van der Waals surface area contributed by atoms with Gasteiger partial charge in [0.2, 0.25) is 0 Å². The quantitative estimate of drug-likeness (QED) is 0.828. The Kier molecular flexibility index (Phi) is 4.95. The van der Waals surface area contributed by atoms with Crippen LogP contribution in [0.15, 0.2) is 46.9 Å². The molecule has 0 atom stereocenters. The Morgan fingerprint density at radius 2 is 1.95 bits per heavy atom. The molecule has 0 aliphatic carbocycles. The molecule has 0 saturated heterocycles. The second-order valence-electron chi connectivity index (χ2n) is 4.32. The van der Waals surface area contributed by atoms with E-state index >= 15 is 0 Å². The molecular formula is C15H14BrF2NO. The molecule has 2 rings (SSSR count). The van der Waals surface area contributed by atoms with Crippen LogP contribution in [0.3, 0.4) is 0 Å². The molecule has 106 valence electrons.